The van der Waals surface area contributed by atoms with E-state index in [9.17, 15) is 9.59 Å². The number of aromatic nitrogens is 3. The van der Waals surface area contributed by atoms with Gasteiger partial charge in [0.15, 0.2) is 5.13 Å². The van der Waals surface area contributed by atoms with Gasteiger partial charge in [0.05, 0.1) is 11.6 Å². The second-order valence-corrected chi connectivity index (χ2v) is 7.50. The van der Waals surface area contributed by atoms with E-state index in [1.54, 1.807) is 32.2 Å². The summed E-state index contributed by atoms with van der Waals surface area (Å²) < 4.78 is 0. The number of amides is 1. The molecule has 0 saturated heterocycles. The second kappa shape index (κ2) is 8.59. The molecule has 2 aromatic heterocycles. The SMILES string of the molecule is Cc1nc(C)c(CCC(=O)Nc2ncc(Cc3ccc(C#N)cc3)s2)c(=O)[nH]1. The first-order chi connectivity index (χ1) is 13.4. The maximum Gasteiger partial charge on any atom is 0.254 e. The molecular weight excluding hydrogens is 374 g/mol. The van der Waals surface area contributed by atoms with Gasteiger partial charge < -0.3 is 10.3 Å². The number of aromatic amines is 1. The van der Waals surface area contributed by atoms with E-state index in [4.69, 9.17) is 5.26 Å². The Morgan fingerprint density at radius 2 is 2.04 bits per heavy atom. The minimum absolute atomic E-state index is 0.180. The Kier molecular flexibility index (Phi) is 5.96. The van der Waals surface area contributed by atoms with Crippen molar-refractivity contribution in [2.45, 2.75) is 33.1 Å². The zero-order chi connectivity index (χ0) is 20.1. The summed E-state index contributed by atoms with van der Waals surface area (Å²) in [6.45, 7) is 3.49. The van der Waals surface area contributed by atoms with E-state index in [1.807, 2.05) is 12.1 Å². The largest absolute Gasteiger partial charge is 0.311 e. The molecule has 2 N–H and O–H groups in total. The van der Waals surface area contributed by atoms with Crippen LogP contribution in [-0.2, 0) is 17.6 Å². The van der Waals surface area contributed by atoms with Crippen molar-refractivity contribution in [2.75, 3.05) is 5.32 Å². The van der Waals surface area contributed by atoms with E-state index in [0.29, 0.717) is 40.6 Å². The van der Waals surface area contributed by atoms with Crippen LogP contribution < -0.4 is 10.9 Å². The number of hydrogen-bond donors (Lipinski definition) is 2. The Bertz CT molecular complexity index is 1090. The van der Waals surface area contributed by atoms with Crippen LogP contribution in [-0.4, -0.2) is 20.9 Å². The van der Waals surface area contributed by atoms with Gasteiger partial charge in [0.1, 0.15) is 5.82 Å². The van der Waals surface area contributed by atoms with Gasteiger partial charge in [-0.05, 0) is 38.0 Å². The maximum atomic E-state index is 12.2. The second-order valence-electron chi connectivity index (χ2n) is 6.38. The van der Waals surface area contributed by atoms with E-state index < -0.39 is 0 Å². The van der Waals surface area contributed by atoms with Crippen LogP contribution in [0.2, 0.25) is 0 Å². The van der Waals surface area contributed by atoms with Crippen LogP contribution in [0.3, 0.4) is 0 Å². The fourth-order valence-electron chi connectivity index (χ4n) is 2.81. The molecular formula is C20H19N5O2S. The fraction of sp³-hybridized carbons (Fsp3) is 0.250. The molecule has 0 bridgehead atoms. The first-order valence-electron chi connectivity index (χ1n) is 8.74. The summed E-state index contributed by atoms with van der Waals surface area (Å²) in [6, 6.07) is 9.47. The van der Waals surface area contributed by atoms with Gasteiger partial charge in [0.2, 0.25) is 5.91 Å². The molecule has 0 aliphatic heterocycles. The van der Waals surface area contributed by atoms with Crippen molar-refractivity contribution >= 4 is 22.4 Å². The first-order valence-corrected chi connectivity index (χ1v) is 9.56. The molecule has 0 radical (unpaired) electrons. The highest BCUT2D eigenvalue weighted by Crippen LogP contribution is 2.21. The predicted octanol–water partition coefficient (Wildman–Crippen LogP) is 2.88. The summed E-state index contributed by atoms with van der Waals surface area (Å²) in [5, 5.41) is 12.2. The monoisotopic (exact) mass is 393 g/mol. The number of aryl methyl sites for hydroxylation is 2. The Hall–Kier alpha value is -3.31. The van der Waals surface area contributed by atoms with E-state index in [0.717, 1.165) is 10.4 Å². The summed E-state index contributed by atoms with van der Waals surface area (Å²) in [5.41, 5.74) is 2.67. The third-order valence-electron chi connectivity index (χ3n) is 4.20. The van der Waals surface area contributed by atoms with Gasteiger partial charge in [0, 0.05) is 35.2 Å². The normalized spacial score (nSPS) is 10.5. The van der Waals surface area contributed by atoms with E-state index in [1.165, 1.54) is 11.3 Å². The van der Waals surface area contributed by atoms with Crippen molar-refractivity contribution in [1.29, 1.82) is 5.26 Å². The van der Waals surface area contributed by atoms with Gasteiger partial charge in [-0.2, -0.15) is 5.26 Å². The maximum absolute atomic E-state index is 12.2. The van der Waals surface area contributed by atoms with Crippen LogP contribution >= 0.6 is 11.3 Å². The topological polar surface area (TPSA) is 112 Å². The van der Waals surface area contributed by atoms with Gasteiger partial charge in [-0.3, -0.25) is 9.59 Å². The van der Waals surface area contributed by atoms with Crippen LogP contribution in [0.1, 0.15) is 39.5 Å². The molecule has 28 heavy (non-hydrogen) atoms. The highest BCUT2D eigenvalue weighted by Gasteiger charge is 2.11. The molecule has 0 fully saturated rings. The molecule has 0 aliphatic rings. The molecule has 0 atom stereocenters. The van der Waals surface area contributed by atoms with Gasteiger partial charge in [-0.15, -0.1) is 11.3 Å². The standard InChI is InChI=1S/C20H19N5O2S/c1-12-17(19(27)24-13(2)23-12)7-8-18(26)25-20-22-11-16(28-20)9-14-3-5-15(10-21)6-4-14/h3-6,11H,7-9H2,1-2H3,(H,22,25,26)(H,23,24,27). The average Bonchev–Trinajstić information content (AvgIpc) is 3.08. The summed E-state index contributed by atoms with van der Waals surface area (Å²) in [7, 11) is 0. The van der Waals surface area contributed by atoms with Crippen LogP contribution in [0.15, 0.2) is 35.3 Å². The minimum Gasteiger partial charge on any atom is -0.311 e. The van der Waals surface area contributed by atoms with E-state index in [-0.39, 0.29) is 17.9 Å². The van der Waals surface area contributed by atoms with Gasteiger partial charge in [-0.25, -0.2) is 9.97 Å². The predicted molar refractivity (Wildman–Crippen MR) is 107 cm³/mol. The average molecular weight is 393 g/mol. The lowest BCUT2D eigenvalue weighted by Crippen LogP contribution is -2.20. The first kappa shape index (κ1) is 19.5. The quantitative estimate of drug-likeness (QED) is 0.669. The number of thiazole rings is 1. The number of carbonyl (C=O) groups excluding carboxylic acids is 1. The van der Waals surface area contributed by atoms with Crippen LogP contribution in [0.5, 0.6) is 0 Å². The number of hydrogen-bond acceptors (Lipinski definition) is 6. The van der Waals surface area contributed by atoms with Crippen LogP contribution in [0, 0.1) is 25.2 Å². The Morgan fingerprint density at radius 3 is 2.71 bits per heavy atom. The number of H-pyrrole nitrogens is 1. The molecule has 1 aromatic carbocycles. The van der Waals surface area contributed by atoms with E-state index >= 15 is 0 Å². The van der Waals surface area contributed by atoms with Gasteiger partial charge >= 0.3 is 0 Å². The lowest BCUT2D eigenvalue weighted by Gasteiger charge is -2.05. The smallest absolute Gasteiger partial charge is 0.254 e. The minimum atomic E-state index is -0.197. The number of anilines is 1. The Balaban J connectivity index is 1.56. The number of carbonyl (C=O) groups is 1. The summed E-state index contributed by atoms with van der Waals surface area (Å²) in [4.78, 5) is 36.3. The van der Waals surface area contributed by atoms with Crippen LogP contribution in [0.4, 0.5) is 5.13 Å². The number of benzene rings is 1. The third-order valence-corrected chi connectivity index (χ3v) is 5.12. The number of nitrogens with one attached hydrogen (secondary N) is 2. The van der Waals surface area contributed by atoms with Crippen molar-refractivity contribution in [2.24, 2.45) is 0 Å². The molecule has 142 valence electrons. The van der Waals surface area contributed by atoms with Crippen molar-refractivity contribution < 1.29 is 4.79 Å². The highest BCUT2D eigenvalue weighted by atomic mass is 32.1. The van der Waals surface area contributed by atoms with E-state index in [2.05, 4.69) is 26.3 Å². The number of nitrogens with zero attached hydrogens (tertiary/aromatic N) is 3. The fourth-order valence-corrected chi connectivity index (χ4v) is 3.67. The van der Waals surface area contributed by atoms with Crippen LogP contribution in [0.25, 0.3) is 0 Å². The molecule has 3 rings (SSSR count). The van der Waals surface area contributed by atoms with Crippen molar-refractivity contribution in [3.05, 3.63) is 73.9 Å². The molecule has 0 aliphatic carbocycles. The summed E-state index contributed by atoms with van der Waals surface area (Å²) in [6.07, 6.45) is 2.92. The van der Waals surface area contributed by atoms with Crippen molar-refractivity contribution in [3.63, 3.8) is 0 Å². The Labute approximate surface area is 166 Å². The molecule has 0 unspecified atom stereocenters. The highest BCUT2D eigenvalue weighted by molar-refractivity contribution is 7.15. The summed E-state index contributed by atoms with van der Waals surface area (Å²) in [5.74, 6) is 0.368. The van der Waals surface area contributed by atoms with Crippen molar-refractivity contribution in [1.82, 2.24) is 15.0 Å². The molecule has 7 nitrogen and oxygen atoms in total. The molecule has 2 heterocycles. The molecule has 8 heteroatoms. The van der Waals surface area contributed by atoms with Crippen molar-refractivity contribution in [3.8, 4) is 6.07 Å². The molecule has 1 amide bonds. The zero-order valence-corrected chi connectivity index (χ0v) is 16.4. The van der Waals surface area contributed by atoms with Gasteiger partial charge in [-0.1, -0.05) is 12.1 Å². The zero-order valence-electron chi connectivity index (χ0n) is 15.6. The molecule has 0 spiro atoms. The lowest BCUT2D eigenvalue weighted by atomic mass is 10.1. The molecule has 3 aromatic rings. The third kappa shape index (κ3) is 4.90. The number of rotatable bonds is 6. The Morgan fingerprint density at radius 1 is 1.29 bits per heavy atom. The summed E-state index contributed by atoms with van der Waals surface area (Å²) >= 11 is 1.41. The number of nitriles is 1. The molecule has 0 saturated carbocycles. The van der Waals surface area contributed by atoms with Gasteiger partial charge in [0.25, 0.3) is 5.56 Å². The lowest BCUT2D eigenvalue weighted by molar-refractivity contribution is -0.116.